The number of hydrogen-bond acceptors (Lipinski definition) is 9. The fraction of sp³-hybridized carbons (Fsp3) is 0.500. The summed E-state index contributed by atoms with van der Waals surface area (Å²) in [6.45, 7) is 1.63. The molecule has 2 aromatic rings. The van der Waals surface area contributed by atoms with Crippen molar-refractivity contribution in [2.75, 3.05) is 33.4 Å². The van der Waals surface area contributed by atoms with E-state index in [0.717, 1.165) is 9.87 Å². The molecule has 40 heavy (non-hydrogen) atoms. The summed E-state index contributed by atoms with van der Waals surface area (Å²) in [7, 11) is -2.61. The van der Waals surface area contributed by atoms with Gasteiger partial charge in [-0.3, -0.25) is 4.79 Å². The first-order chi connectivity index (χ1) is 19.2. The zero-order chi connectivity index (χ0) is 28.7. The minimum atomic E-state index is -4.09. The maximum absolute atomic E-state index is 13.5. The van der Waals surface area contributed by atoms with Crippen LogP contribution in [-0.4, -0.2) is 87.7 Å². The van der Waals surface area contributed by atoms with Crippen molar-refractivity contribution in [3.63, 3.8) is 0 Å². The number of amides is 1. The third-order valence-corrected chi connectivity index (χ3v) is 8.99. The number of fused-ring (bicyclic) bond motifs is 1. The predicted octanol–water partition coefficient (Wildman–Crippen LogP) is 2.12. The van der Waals surface area contributed by atoms with E-state index in [4.69, 9.17) is 18.9 Å². The smallest absolute Gasteiger partial charge is 0.407 e. The van der Waals surface area contributed by atoms with E-state index in [-0.39, 0.29) is 55.4 Å². The fourth-order valence-corrected chi connectivity index (χ4v) is 6.30. The molecule has 2 heterocycles. The maximum Gasteiger partial charge on any atom is 0.407 e. The predicted molar refractivity (Wildman–Crippen MR) is 144 cm³/mol. The summed E-state index contributed by atoms with van der Waals surface area (Å²) in [4.78, 5) is 24.7. The Hall–Kier alpha value is -3.03. The molecule has 1 amide bonds. The first kappa shape index (κ1) is 29.9. The molecular formula is C28H36N2O9S. The number of aliphatic hydroxyl groups excluding tert-OH is 1. The average Bonchev–Trinajstić information content (AvgIpc) is 3.56. The molecule has 0 aliphatic carbocycles. The molecule has 0 radical (unpaired) electrons. The third kappa shape index (κ3) is 7.58. The van der Waals surface area contributed by atoms with Gasteiger partial charge in [-0.15, -0.1) is 0 Å². The van der Waals surface area contributed by atoms with Crippen molar-refractivity contribution in [2.24, 2.45) is 5.92 Å². The number of rotatable bonds is 13. The SMILES string of the molecule is COc1ccc(S(=O)(=O)N(CCC(C)=O)C[C@@H](O)[C@H](Cc2ccccc2)NC(=O)OC2COC3OCCC23)cc1. The zero-order valence-corrected chi connectivity index (χ0v) is 23.4. The number of nitrogens with one attached hydrogen (secondary N) is 1. The summed E-state index contributed by atoms with van der Waals surface area (Å²) in [6, 6.07) is 14.2. The van der Waals surface area contributed by atoms with Crippen LogP contribution in [0.2, 0.25) is 0 Å². The van der Waals surface area contributed by atoms with Crippen LogP contribution in [0.1, 0.15) is 25.3 Å². The van der Waals surface area contributed by atoms with Gasteiger partial charge in [0.2, 0.25) is 10.0 Å². The number of carbonyl (C=O) groups is 2. The van der Waals surface area contributed by atoms with Crippen LogP contribution >= 0.6 is 0 Å². The quantitative estimate of drug-likeness (QED) is 0.367. The number of carbonyl (C=O) groups excluding carboxylic acids is 2. The van der Waals surface area contributed by atoms with Crippen LogP contribution in [0.25, 0.3) is 0 Å². The second kappa shape index (κ2) is 13.6. The van der Waals surface area contributed by atoms with E-state index in [2.05, 4.69) is 5.32 Å². The Balaban J connectivity index is 1.51. The molecule has 0 bridgehead atoms. The average molecular weight is 577 g/mol. The molecule has 12 heteroatoms. The maximum atomic E-state index is 13.5. The van der Waals surface area contributed by atoms with Crippen molar-refractivity contribution < 1.29 is 42.1 Å². The van der Waals surface area contributed by atoms with E-state index in [9.17, 15) is 23.1 Å². The summed E-state index contributed by atoms with van der Waals surface area (Å²) in [5.41, 5.74) is 0.827. The van der Waals surface area contributed by atoms with Crippen LogP contribution in [0, 0.1) is 5.92 Å². The molecule has 2 saturated heterocycles. The van der Waals surface area contributed by atoms with Crippen molar-refractivity contribution in [3.05, 3.63) is 60.2 Å². The van der Waals surface area contributed by atoms with Crippen LogP contribution in [0.5, 0.6) is 5.75 Å². The number of alkyl carbamates (subject to hydrolysis) is 1. The molecule has 2 fully saturated rings. The van der Waals surface area contributed by atoms with Gasteiger partial charge in [0.1, 0.15) is 17.6 Å². The number of aliphatic hydroxyl groups is 1. The molecule has 0 saturated carbocycles. The summed E-state index contributed by atoms with van der Waals surface area (Å²) < 4.78 is 49.9. The van der Waals surface area contributed by atoms with Gasteiger partial charge in [-0.2, -0.15) is 4.31 Å². The Morgan fingerprint density at radius 2 is 1.85 bits per heavy atom. The van der Waals surface area contributed by atoms with E-state index >= 15 is 0 Å². The van der Waals surface area contributed by atoms with E-state index in [0.29, 0.717) is 18.8 Å². The topological polar surface area (TPSA) is 141 Å². The molecule has 2 N–H and O–H groups in total. The van der Waals surface area contributed by atoms with Crippen molar-refractivity contribution in [1.82, 2.24) is 9.62 Å². The van der Waals surface area contributed by atoms with Crippen LogP contribution in [0.15, 0.2) is 59.5 Å². The fourth-order valence-electron chi connectivity index (χ4n) is 4.85. The summed E-state index contributed by atoms with van der Waals surface area (Å²) in [6.07, 6.45) is -2.04. The largest absolute Gasteiger partial charge is 0.497 e. The lowest BCUT2D eigenvalue weighted by Gasteiger charge is -2.30. The first-order valence-corrected chi connectivity index (χ1v) is 14.7. The van der Waals surface area contributed by atoms with Gasteiger partial charge in [-0.05, 0) is 49.6 Å². The van der Waals surface area contributed by atoms with Gasteiger partial charge < -0.3 is 29.4 Å². The number of Topliss-reactive ketones (excluding diaryl/α,β-unsaturated/α-hetero) is 1. The van der Waals surface area contributed by atoms with E-state index in [1.807, 2.05) is 30.3 Å². The molecule has 4 rings (SSSR count). The molecule has 0 spiro atoms. The van der Waals surface area contributed by atoms with Gasteiger partial charge in [0.25, 0.3) is 0 Å². The number of ketones is 1. The molecular weight excluding hydrogens is 540 g/mol. The number of methoxy groups -OCH3 is 1. The minimum Gasteiger partial charge on any atom is -0.497 e. The lowest BCUT2D eigenvalue weighted by atomic mass is 10.0. The van der Waals surface area contributed by atoms with Gasteiger partial charge in [0, 0.05) is 19.5 Å². The van der Waals surface area contributed by atoms with Gasteiger partial charge in [0.15, 0.2) is 6.29 Å². The van der Waals surface area contributed by atoms with Gasteiger partial charge in [-0.1, -0.05) is 30.3 Å². The molecule has 11 nitrogen and oxygen atoms in total. The molecule has 5 atom stereocenters. The normalized spacial score (nSPS) is 21.9. The highest BCUT2D eigenvalue weighted by molar-refractivity contribution is 7.89. The summed E-state index contributed by atoms with van der Waals surface area (Å²) in [5.74, 6) is 0.239. The second-order valence-electron chi connectivity index (χ2n) is 9.97. The Bertz CT molecular complexity index is 1240. The van der Waals surface area contributed by atoms with Crippen molar-refractivity contribution >= 4 is 21.9 Å². The number of hydrogen-bond donors (Lipinski definition) is 2. The summed E-state index contributed by atoms with van der Waals surface area (Å²) in [5, 5.41) is 14.1. The highest BCUT2D eigenvalue weighted by Crippen LogP contribution is 2.33. The number of ether oxygens (including phenoxy) is 4. The Morgan fingerprint density at radius 3 is 2.52 bits per heavy atom. The Kier molecular flexibility index (Phi) is 10.1. The zero-order valence-electron chi connectivity index (χ0n) is 22.6. The van der Waals surface area contributed by atoms with Crippen molar-refractivity contribution in [3.8, 4) is 5.75 Å². The van der Waals surface area contributed by atoms with Crippen molar-refractivity contribution in [1.29, 1.82) is 0 Å². The third-order valence-electron chi connectivity index (χ3n) is 7.11. The number of sulfonamides is 1. The Labute approximate surface area is 234 Å². The molecule has 2 aliphatic heterocycles. The lowest BCUT2D eigenvalue weighted by Crippen LogP contribution is -2.51. The first-order valence-electron chi connectivity index (χ1n) is 13.2. The molecule has 218 valence electrons. The highest BCUT2D eigenvalue weighted by atomic mass is 32.2. The second-order valence-corrected chi connectivity index (χ2v) is 11.9. The van der Waals surface area contributed by atoms with E-state index in [1.165, 1.54) is 38.3 Å². The Morgan fingerprint density at radius 1 is 1.12 bits per heavy atom. The molecule has 2 aliphatic rings. The summed E-state index contributed by atoms with van der Waals surface area (Å²) >= 11 is 0. The van der Waals surface area contributed by atoms with Crippen molar-refractivity contribution in [2.45, 2.75) is 55.6 Å². The van der Waals surface area contributed by atoms with E-state index in [1.54, 1.807) is 0 Å². The van der Waals surface area contributed by atoms with Gasteiger partial charge in [0.05, 0.1) is 43.3 Å². The van der Waals surface area contributed by atoms with E-state index < -0.39 is 34.4 Å². The standard InChI is InChI=1S/C28H36N2O9S/c1-19(31)12-14-30(40(34,35)22-10-8-21(36-2)9-11-22)17-25(32)24(16-20-6-4-3-5-7-20)29-28(33)39-26-18-38-27-23(26)13-15-37-27/h3-11,23-27,32H,12-18H2,1-2H3,(H,29,33)/t23?,24-,25+,26?,27?/m0/s1. The van der Waals surface area contributed by atoms with Gasteiger partial charge in [-0.25, -0.2) is 13.2 Å². The van der Waals surface area contributed by atoms with Crippen LogP contribution in [0.3, 0.4) is 0 Å². The number of nitrogens with zero attached hydrogens (tertiary/aromatic N) is 1. The molecule has 2 aromatic carbocycles. The molecule has 0 aromatic heterocycles. The van der Waals surface area contributed by atoms with Crippen LogP contribution in [-0.2, 0) is 35.4 Å². The lowest BCUT2D eigenvalue weighted by molar-refractivity contribution is -0.117. The highest BCUT2D eigenvalue weighted by Gasteiger charge is 2.44. The number of benzene rings is 2. The monoisotopic (exact) mass is 576 g/mol. The minimum absolute atomic E-state index is 0.00870. The van der Waals surface area contributed by atoms with Gasteiger partial charge >= 0.3 is 6.09 Å². The molecule has 3 unspecified atom stereocenters. The van der Waals surface area contributed by atoms with Crippen LogP contribution < -0.4 is 10.1 Å². The van der Waals surface area contributed by atoms with Crippen LogP contribution in [0.4, 0.5) is 4.79 Å².